The van der Waals surface area contributed by atoms with Crippen LogP contribution in [0, 0.1) is 0 Å². The molecule has 4 N–H and O–H groups in total. The van der Waals surface area contributed by atoms with Crippen molar-refractivity contribution >= 4 is 23.1 Å². The molecule has 0 fully saturated rings. The normalized spacial score (nSPS) is 15.3. The van der Waals surface area contributed by atoms with Crippen molar-refractivity contribution in [2.24, 2.45) is 0 Å². The second kappa shape index (κ2) is 8.22. The average molecular weight is 388 g/mol. The molecule has 1 amide bonds. The van der Waals surface area contributed by atoms with Gasteiger partial charge in [-0.15, -0.1) is 0 Å². The lowest BCUT2D eigenvalue weighted by atomic mass is 9.88. The van der Waals surface area contributed by atoms with Crippen LogP contribution in [0.5, 0.6) is 5.75 Å². The van der Waals surface area contributed by atoms with Gasteiger partial charge in [0.15, 0.2) is 0 Å². The van der Waals surface area contributed by atoms with Crippen LogP contribution in [0.25, 0.3) is 0 Å². The summed E-state index contributed by atoms with van der Waals surface area (Å²) in [5, 5.41) is 6.36. The van der Waals surface area contributed by atoms with E-state index in [1.165, 1.54) is 11.1 Å². The fourth-order valence-electron chi connectivity index (χ4n) is 3.72. The largest absolute Gasteiger partial charge is 0.495 e. The summed E-state index contributed by atoms with van der Waals surface area (Å²) in [4.78, 5) is 17.0. The van der Waals surface area contributed by atoms with Crippen molar-refractivity contribution in [3.63, 3.8) is 0 Å². The maximum absolute atomic E-state index is 12.8. The van der Waals surface area contributed by atoms with Gasteiger partial charge in [-0.3, -0.25) is 4.79 Å². The van der Waals surface area contributed by atoms with Crippen molar-refractivity contribution in [3.05, 3.63) is 77.5 Å². The fraction of sp³-hybridized carbons (Fsp3) is 0.217. The minimum Gasteiger partial charge on any atom is -0.495 e. The predicted molar refractivity (Wildman–Crippen MR) is 115 cm³/mol. The Morgan fingerprint density at radius 1 is 1.10 bits per heavy atom. The average Bonchev–Trinajstić information content (AvgIpc) is 2.73. The zero-order chi connectivity index (χ0) is 20.2. The minimum atomic E-state index is -0.218. The number of carbonyl (C=O) groups is 1. The van der Waals surface area contributed by atoms with E-state index in [-0.39, 0.29) is 17.8 Å². The van der Waals surface area contributed by atoms with E-state index >= 15 is 0 Å². The van der Waals surface area contributed by atoms with Gasteiger partial charge in [0.05, 0.1) is 12.8 Å². The second-order valence-corrected chi connectivity index (χ2v) is 7.17. The van der Waals surface area contributed by atoms with E-state index in [4.69, 9.17) is 10.5 Å². The first-order chi connectivity index (χ1) is 14.1. The summed E-state index contributed by atoms with van der Waals surface area (Å²) >= 11 is 0. The molecule has 6 nitrogen and oxygen atoms in total. The van der Waals surface area contributed by atoms with E-state index in [1.807, 2.05) is 30.3 Å². The number of methoxy groups -OCH3 is 1. The van der Waals surface area contributed by atoms with E-state index in [0.717, 1.165) is 24.9 Å². The number of aromatic nitrogens is 1. The number of fused-ring (bicyclic) bond motifs is 1. The molecule has 1 atom stereocenters. The lowest BCUT2D eigenvalue weighted by Crippen LogP contribution is -2.39. The molecule has 0 bridgehead atoms. The summed E-state index contributed by atoms with van der Waals surface area (Å²) in [5.41, 5.74) is 10.4. The lowest BCUT2D eigenvalue weighted by Gasteiger charge is -2.25. The molecule has 0 aliphatic heterocycles. The van der Waals surface area contributed by atoms with Gasteiger partial charge in [-0.25, -0.2) is 4.98 Å². The Labute approximate surface area is 170 Å². The molecule has 29 heavy (non-hydrogen) atoms. The zero-order valence-electron chi connectivity index (χ0n) is 16.3. The highest BCUT2D eigenvalue weighted by atomic mass is 16.5. The number of nitrogens with zero attached hydrogens (tertiary/aromatic N) is 1. The zero-order valence-corrected chi connectivity index (χ0v) is 16.3. The number of amides is 1. The molecule has 1 heterocycles. The second-order valence-electron chi connectivity index (χ2n) is 7.17. The summed E-state index contributed by atoms with van der Waals surface area (Å²) in [5.74, 6) is 0.767. The van der Waals surface area contributed by atoms with Crippen molar-refractivity contribution in [2.75, 3.05) is 18.2 Å². The van der Waals surface area contributed by atoms with Gasteiger partial charge < -0.3 is 21.1 Å². The van der Waals surface area contributed by atoms with Crippen LogP contribution < -0.4 is 21.1 Å². The molecule has 4 rings (SSSR count). The van der Waals surface area contributed by atoms with Crippen LogP contribution >= 0.6 is 0 Å². The van der Waals surface area contributed by atoms with E-state index < -0.39 is 0 Å². The maximum atomic E-state index is 12.8. The Hall–Kier alpha value is -3.54. The number of nitrogen functional groups attached to an aromatic ring is 1. The molecule has 1 aliphatic rings. The third kappa shape index (κ3) is 4.32. The number of benzene rings is 2. The molecule has 0 spiro atoms. The van der Waals surface area contributed by atoms with E-state index in [1.54, 1.807) is 19.2 Å². The highest BCUT2D eigenvalue weighted by Crippen LogP contribution is 2.28. The molecule has 0 saturated heterocycles. The van der Waals surface area contributed by atoms with Crippen LogP contribution in [0.4, 0.5) is 17.2 Å². The summed E-state index contributed by atoms with van der Waals surface area (Å²) in [6, 6.07) is 19.4. The van der Waals surface area contributed by atoms with Crippen molar-refractivity contribution in [1.29, 1.82) is 0 Å². The summed E-state index contributed by atoms with van der Waals surface area (Å²) in [6.07, 6.45) is 2.71. The van der Waals surface area contributed by atoms with Crippen molar-refractivity contribution in [1.82, 2.24) is 10.3 Å². The minimum absolute atomic E-state index is 0.0891. The Kier molecular flexibility index (Phi) is 5.33. The van der Waals surface area contributed by atoms with Gasteiger partial charge in [0.25, 0.3) is 5.91 Å². The summed E-state index contributed by atoms with van der Waals surface area (Å²) in [6.45, 7) is 0. The third-order valence-corrected chi connectivity index (χ3v) is 5.15. The standard InChI is InChI=1S/C23H24N4O2/c1-29-21-9-5-4-8-19(21)25-18-13-20(27-22(24)14-18)23(28)26-17-11-10-15-6-2-3-7-16(15)12-17/h2-9,13-14,17H,10-12H2,1H3,(H,26,28)(H3,24,25,27). The molecule has 1 aromatic heterocycles. The predicted octanol–water partition coefficient (Wildman–Crippen LogP) is 3.70. The van der Waals surface area contributed by atoms with Crippen LogP contribution in [0.1, 0.15) is 28.0 Å². The van der Waals surface area contributed by atoms with E-state index in [2.05, 4.69) is 33.8 Å². The molecule has 148 valence electrons. The number of aryl methyl sites for hydroxylation is 1. The van der Waals surface area contributed by atoms with Gasteiger partial charge in [0.2, 0.25) is 0 Å². The quantitative estimate of drug-likeness (QED) is 0.620. The molecule has 0 radical (unpaired) electrons. The van der Waals surface area contributed by atoms with Crippen molar-refractivity contribution in [3.8, 4) is 5.75 Å². The molecule has 3 aromatic rings. The van der Waals surface area contributed by atoms with Gasteiger partial charge in [0, 0.05) is 17.8 Å². The van der Waals surface area contributed by atoms with Gasteiger partial charge in [-0.2, -0.15) is 0 Å². The first kappa shape index (κ1) is 18.8. The van der Waals surface area contributed by atoms with Crippen LogP contribution in [-0.4, -0.2) is 24.0 Å². The fourth-order valence-corrected chi connectivity index (χ4v) is 3.72. The number of nitrogens with one attached hydrogen (secondary N) is 2. The number of carbonyl (C=O) groups excluding carboxylic acids is 1. The summed E-state index contributed by atoms with van der Waals surface area (Å²) in [7, 11) is 1.61. The first-order valence-corrected chi connectivity index (χ1v) is 9.67. The number of pyridine rings is 1. The highest BCUT2D eigenvalue weighted by molar-refractivity contribution is 5.94. The van der Waals surface area contributed by atoms with Crippen LogP contribution in [0.2, 0.25) is 0 Å². The molecule has 6 heteroatoms. The molecule has 2 aromatic carbocycles. The number of anilines is 3. The number of rotatable bonds is 5. The SMILES string of the molecule is COc1ccccc1Nc1cc(N)nc(C(=O)NC2CCc3ccccc3C2)c1. The topological polar surface area (TPSA) is 89.3 Å². The van der Waals surface area contributed by atoms with Crippen LogP contribution in [0.3, 0.4) is 0 Å². The van der Waals surface area contributed by atoms with Crippen molar-refractivity contribution in [2.45, 2.75) is 25.3 Å². The first-order valence-electron chi connectivity index (χ1n) is 9.67. The third-order valence-electron chi connectivity index (χ3n) is 5.15. The smallest absolute Gasteiger partial charge is 0.270 e. The molecular weight excluding hydrogens is 364 g/mol. The van der Waals surface area contributed by atoms with Crippen LogP contribution in [0.15, 0.2) is 60.7 Å². The number of hydrogen-bond donors (Lipinski definition) is 3. The summed E-state index contributed by atoms with van der Waals surface area (Å²) < 4.78 is 5.37. The molecular formula is C23H24N4O2. The van der Waals surface area contributed by atoms with E-state index in [0.29, 0.717) is 17.1 Å². The molecule has 1 unspecified atom stereocenters. The van der Waals surface area contributed by atoms with Crippen molar-refractivity contribution < 1.29 is 9.53 Å². The Morgan fingerprint density at radius 2 is 1.86 bits per heavy atom. The van der Waals surface area contributed by atoms with Gasteiger partial charge in [-0.05, 0) is 48.6 Å². The Bertz CT molecular complexity index is 1030. The van der Waals surface area contributed by atoms with Gasteiger partial charge in [0.1, 0.15) is 17.3 Å². The maximum Gasteiger partial charge on any atom is 0.270 e. The van der Waals surface area contributed by atoms with Gasteiger partial charge >= 0.3 is 0 Å². The monoisotopic (exact) mass is 388 g/mol. The Balaban J connectivity index is 1.49. The number of hydrogen-bond acceptors (Lipinski definition) is 5. The molecule has 0 saturated carbocycles. The lowest BCUT2D eigenvalue weighted by molar-refractivity contribution is 0.0929. The van der Waals surface area contributed by atoms with Crippen LogP contribution in [-0.2, 0) is 12.8 Å². The Morgan fingerprint density at radius 3 is 2.69 bits per heavy atom. The number of para-hydroxylation sites is 2. The number of ether oxygens (including phenoxy) is 1. The highest BCUT2D eigenvalue weighted by Gasteiger charge is 2.21. The van der Waals surface area contributed by atoms with E-state index in [9.17, 15) is 4.79 Å². The van der Waals surface area contributed by atoms with Gasteiger partial charge in [-0.1, -0.05) is 36.4 Å². The number of nitrogens with two attached hydrogens (primary N) is 1. The molecule has 1 aliphatic carbocycles.